The second kappa shape index (κ2) is 47.3. The van der Waals surface area contributed by atoms with E-state index in [1.54, 1.807) is 18.2 Å². The molecule has 1 N–H and O–H groups in total. The molecule has 0 saturated heterocycles. The Kier molecular flexibility index (Phi) is 42.5. The third-order valence-electron chi connectivity index (χ3n) is 10.9. The maximum Gasteiger partial charge on any atom is 0.416 e. The van der Waals surface area contributed by atoms with Crippen LogP contribution in [0.15, 0.2) is 48.5 Å². The number of halogens is 3. The Hall–Kier alpha value is -3.43. The Bertz CT molecular complexity index is 1560. The molecule has 0 spiro atoms. The number of alkyl halides is 3. The molecule has 72 heavy (non-hydrogen) atoms. The number of hydrogen-bond donors (Lipinski definition) is 1. The number of para-hydroxylation sites is 1. The van der Waals surface area contributed by atoms with Gasteiger partial charge in [0.1, 0.15) is 13.2 Å². The predicted octanol–water partition coefficient (Wildman–Crippen LogP) is 10.6. The van der Waals surface area contributed by atoms with Gasteiger partial charge < -0.3 is 62.2 Å². The molecule has 0 atom stereocenters. The van der Waals surface area contributed by atoms with Crippen LogP contribution in [-0.2, 0) is 67.8 Å². The van der Waals surface area contributed by atoms with E-state index in [1.807, 2.05) is 0 Å². The van der Waals surface area contributed by atoms with Crippen molar-refractivity contribution in [1.29, 1.82) is 0 Å². The summed E-state index contributed by atoms with van der Waals surface area (Å²) >= 11 is 0. The summed E-state index contributed by atoms with van der Waals surface area (Å²) in [5.41, 5.74) is -0.101. The van der Waals surface area contributed by atoms with Crippen molar-refractivity contribution >= 4 is 23.3 Å². The van der Waals surface area contributed by atoms with Crippen molar-refractivity contribution in [2.24, 2.45) is 0 Å². The second-order valence-corrected chi connectivity index (χ2v) is 16.9. The number of ether oxygens (including phenoxy) is 12. The van der Waals surface area contributed by atoms with Crippen molar-refractivity contribution in [3.05, 3.63) is 59.7 Å². The average Bonchev–Trinajstić information content (AvgIpc) is 3.37. The van der Waals surface area contributed by atoms with Gasteiger partial charge in [0.15, 0.2) is 0 Å². The number of carbonyl (C=O) groups excluding carboxylic acids is 2. The highest BCUT2D eigenvalue weighted by Gasteiger charge is 2.30. The lowest BCUT2D eigenvalue weighted by atomic mass is 10.0. The fraction of sp³-hybridized carbons (Fsp3) is 0.741. The molecular weight excluding hydrogens is 944 g/mol. The molecular formula is C54H88F3NO14. The van der Waals surface area contributed by atoms with Gasteiger partial charge in [0.25, 0.3) is 0 Å². The van der Waals surface area contributed by atoms with E-state index in [0.29, 0.717) is 138 Å². The van der Waals surface area contributed by atoms with Gasteiger partial charge in [0.2, 0.25) is 0 Å². The first-order valence-electron chi connectivity index (χ1n) is 26.4. The number of unbranched alkanes of at least 4 members (excludes halogenated alkanes) is 14. The van der Waals surface area contributed by atoms with Gasteiger partial charge in [-0.05, 0) is 36.8 Å². The highest BCUT2D eigenvalue weighted by molar-refractivity contribution is 5.96. The highest BCUT2D eigenvalue weighted by Crippen LogP contribution is 2.32. The van der Waals surface area contributed by atoms with Crippen LogP contribution in [0, 0.1) is 0 Å². The van der Waals surface area contributed by atoms with E-state index in [-0.39, 0.29) is 37.0 Å². The zero-order valence-electron chi connectivity index (χ0n) is 43.3. The van der Waals surface area contributed by atoms with E-state index < -0.39 is 17.7 Å². The minimum absolute atomic E-state index is 0.00708. The van der Waals surface area contributed by atoms with Crippen molar-refractivity contribution in [3.63, 3.8) is 0 Å². The van der Waals surface area contributed by atoms with E-state index in [1.165, 1.54) is 102 Å². The van der Waals surface area contributed by atoms with E-state index in [4.69, 9.17) is 56.8 Å². The maximum atomic E-state index is 13.1. The van der Waals surface area contributed by atoms with Gasteiger partial charge in [0, 0.05) is 12.1 Å². The van der Waals surface area contributed by atoms with Crippen molar-refractivity contribution < 1.29 is 79.6 Å². The summed E-state index contributed by atoms with van der Waals surface area (Å²) in [6.07, 6.45) is 15.6. The van der Waals surface area contributed by atoms with Gasteiger partial charge in [0.05, 0.1) is 149 Å². The third-order valence-corrected chi connectivity index (χ3v) is 10.9. The SMILES string of the molecule is CCCCCCCCCCCCCCCCCC(=O)OCCOCCOCCOCCOCCOCCOCCOCCOCCOCCOCCOC(=O)c1ccccc1Nc1cccc(C(F)(F)F)c1. The van der Waals surface area contributed by atoms with Crippen LogP contribution in [0.25, 0.3) is 0 Å². The van der Waals surface area contributed by atoms with Gasteiger partial charge in [-0.15, -0.1) is 0 Å². The maximum absolute atomic E-state index is 13.1. The summed E-state index contributed by atoms with van der Waals surface area (Å²) in [5.74, 6) is -0.777. The highest BCUT2D eigenvalue weighted by atomic mass is 19.4. The number of carbonyl (C=O) groups is 2. The van der Waals surface area contributed by atoms with Crippen LogP contribution in [0.3, 0.4) is 0 Å². The van der Waals surface area contributed by atoms with Gasteiger partial charge in [-0.3, -0.25) is 4.79 Å². The second-order valence-electron chi connectivity index (χ2n) is 16.9. The number of rotatable bonds is 52. The quantitative estimate of drug-likeness (QED) is 0.0493. The minimum Gasteiger partial charge on any atom is -0.463 e. The van der Waals surface area contributed by atoms with E-state index in [9.17, 15) is 22.8 Å². The number of benzene rings is 2. The van der Waals surface area contributed by atoms with Crippen LogP contribution in [0.5, 0.6) is 0 Å². The Morgan fingerprint density at radius 1 is 0.417 bits per heavy atom. The van der Waals surface area contributed by atoms with Crippen LogP contribution < -0.4 is 5.32 Å². The first-order chi connectivity index (χ1) is 35.3. The molecule has 0 aromatic heterocycles. The topological polar surface area (TPSA) is 157 Å². The molecule has 0 aliphatic rings. The average molecular weight is 1030 g/mol. The lowest BCUT2D eigenvalue weighted by Crippen LogP contribution is -2.16. The molecule has 18 heteroatoms. The van der Waals surface area contributed by atoms with Crippen molar-refractivity contribution in [3.8, 4) is 0 Å². The summed E-state index contributed by atoms with van der Waals surface area (Å²) in [7, 11) is 0. The summed E-state index contributed by atoms with van der Waals surface area (Å²) in [6, 6.07) is 11.1. The zero-order chi connectivity index (χ0) is 51.7. The minimum atomic E-state index is -4.48. The first-order valence-corrected chi connectivity index (χ1v) is 26.4. The Morgan fingerprint density at radius 3 is 1.15 bits per heavy atom. The molecule has 0 radical (unpaired) electrons. The molecule has 0 unspecified atom stereocenters. The number of anilines is 2. The number of nitrogens with one attached hydrogen (secondary N) is 1. The summed E-state index contributed by atoms with van der Waals surface area (Å²) in [5, 5.41) is 2.86. The summed E-state index contributed by atoms with van der Waals surface area (Å²) in [4.78, 5) is 24.6. The normalized spacial score (nSPS) is 11.6. The van der Waals surface area contributed by atoms with Crippen molar-refractivity contribution in [2.45, 2.75) is 116 Å². The molecule has 15 nitrogen and oxygen atoms in total. The van der Waals surface area contributed by atoms with Crippen molar-refractivity contribution in [1.82, 2.24) is 0 Å². The molecule has 2 aromatic rings. The Labute approximate surface area is 428 Å². The summed E-state index contributed by atoms with van der Waals surface area (Å²) < 4.78 is 105. The number of esters is 2. The fourth-order valence-electron chi connectivity index (χ4n) is 6.98. The largest absolute Gasteiger partial charge is 0.463 e. The standard InChI is InChI=1S/C54H88F3NO14/c1-2-3-4-5-6-7-8-9-10-11-12-13-14-15-16-24-52(59)71-45-43-69-41-39-67-37-35-65-33-31-63-29-27-61-25-26-62-28-30-64-32-34-66-36-38-68-40-42-70-44-46-72-53(60)50-22-17-18-23-51(50)58-49-21-19-20-48(47-49)54(55,56)57/h17-23,47,58H,2-16,24-46H2,1H3. The molecule has 414 valence electrons. The third kappa shape index (κ3) is 39.1. The smallest absolute Gasteiger partial charge is 0.416 e. The number of hydrogen-bond acceptors (Lipinski definition) is 15. The predicted molar refractivity (Wildman–Crippen MR) is 270 cm³/mol. The van der Waals surface area contributed by atoms with E-state index in [0.717, 1.165) is 25.0 Å². The molecule has 0 heterocycles. The zero-order valence-corrected chi connectivity index (χ0v) is 43.3. The van der Waals surface area contributed by atoms with Crippen LogP contribution in [0.1, 0.15) is 126 Å². The molecule has 0 fully saturated rings. The lowest BCUT2D eigenvalue weighted by Gasteiger charge is -2.13. The molecule has 0 aliphatic carbocycles. The Balaban J connectivity index is 1.20. The molecule has 0 bridgehead atoms. The van der Waals surface area contributed by atoms with Gasteiger partial charge in [-0.1, -0.05) is 115 Å². The summed E-state index contributed by atoms with van der Waals surface area (Å²) in [6.45, 7) is 10.8. The van der Waals surface area contributed by atoms with E-state index >= 15 is 0 Å². The Morgan fingerprint density at radius 2 is 0.764 bits per heavy atom. The molecule has 2 aromatic carbocycles. The van der Waals surface area contributed by atoms with Crippen LogP contribution in [0.2, 0.25) is 0 Å². The molecule has 0 saturated carbocycles. The fourth-order valence-corrected chi connectivity index (χ4v) is 6.98. The molecule has 2 rings (SSSR count). The van der Waals surface area contributed by atoms with Gasteiger partial charge in [-0.2, -0.15) is 13.2 Å². The molecule has 0 aliphatic heterocycles. The van der Waals surface area contributed by atoms with Crippen LogP contribution in [-0.4, -0.2) is 157 Å². The molecule has 0 amide bonds. The van der Waals surface area contributed by atoms with Crippen molar-refractivity contribution in [2.75, 3.05) is 151 Å². The van der Waals surface area contributed by atoms with Crippen LogP contribution >= 0.6 is 0 Å². The van der Waals surface area contributed by atoms with E-state index in [2.05, 4.69) is 12.2 Å². The van der Waals surface area contributed by atoms with Crippen LogP contribution in [0.4, 0.5) is 24.5 Å². The first kappa shape index (κ1) is 64.7. The van der Waals surface area contributed by atoms with Gasteiger partial charge in [-0.25, -0.2) is 4.79 Å². The lowest BCUT2D eigenvalue weighted by molar-refractivity contribution is -0.145. The monoisotopic (exact) mass is 1030 g/mol. The van der Waals surface area contributed by atoms with Gasteiger partial charge >= 0.3 is 18.1 Å².